The molecule has 0 unspecified atom stereocenters. The van der Waals surface area contributed by atoms with E-state index in [1.165, 1.54) is 24.8 Å². The van der Waals surface area contributed by atoms with Crippen molar-refractivity contribution in [1.82, 2.24) is 4.90 Å². The van der Waals surface area contributed by atoms with Gasteiger partial charge in [-0.25, -0.2) is 0 Å². The number of likely N-dealkylation sites (tertiary alicyclic amines) is 1. The van der Waals surface area contributed by atoms with Crippen LogP contribution in [0.2, 0.25) is 18.1 Å². The van der Waals surface area contributed by atoms with Crippen molar-refractivity contribution in [1.29, 1.82) is 0 Å². The molecular formula is C21H37NOSi. The molecule has 0 radical (unpaired) electrons. The molecule has 1 aromatic rings. The normalized spacial score (nSPS) is 22.5. The molecule has 2 nitrogen and oxygen atoms in total. The molecule has 0 aliphatic carbocycles. The fourth-order valence-corrected chi connectivity index (χ4v) is 4.42. The minimum atomic E-state index is -1.68. The quantitative estimate of drug-likeness (QED) is 0.620. The van der Waals surface area contributed by atoms with E-state index in [1.807, 2.05) is 0 Å². The molecule has 0 saturated carbocycles. The maximum absolute atomic E-state index is 6.59. The van der Waals surface area contributed by atoms with Crippen molar-refractivity contribution in [2.75, 3.05) is 6.61 Å². The van der Waals surface area contributed by atoms with E-state index >= 15 is 0 Å². The summed E-state index contributed by atoms with van der Waals surface area (Å²) in [7, 11) is -1.68. The van der Waals surface area contributed by atoms with Gasteiger partial charge < -0.3 is 4.43 Å². The molecule has 3 heteroatoms. The molecule has 1 heterocycles. The lowest BCUT2D eigenvalue weighted by atomic mass is 9.86. The van der Waals surface area contributed by atoms with Crippen LogP contribution in [-0.4, -0.2) is 31.4 Å². The Labute approximate surface area is 150 Å². The van der Waals surface area contributed by atoms with E-state index in [4.69, 9.17) is 4.43 Å². The summed E-state index contributed by atoms with van der Waals surface area (Å²) in [4.78, 5) is 2.69. The molecule has 1 aliphatic heterocycles. The first-order valence-electron chi connectivity index (χ1n) is 9.48. The van der Waals surface area contributed by atoms with Gasteiger partial charge in [-0.2, -0.15) is 0 Å². The van der Waals surface area contributed by atoms with E-state index < -0.39 is 8.32 Å². The Kier molecular flexibility index (Phi) is 5.99. The highest BCUT2D eigenvalue weighted by Crippen LogP contribution is 2.38. The lowest BCUT2D eigenvalue weighted by Gasteiger charge is -2.49. The first-order valence-corrected chi connectivity index (χ1v) is 12.4. The van der Waals surface area contributed by atoms with Crippen molar-refractivity contribution in [3.05, 3.63) is 35.9 Å². The maximum Gasteiger partial charge on any atom is 0.192 e. The van der Waals surface area contributed by atoms with Crippen LogP contribution in [0.25, 0.3) is 0 Å². The summed E-state index contributed by atoms with van der Waals surface area (Å²) in [5.41, 5.74) is 1.65. The van der Waals surface area contributed by atoms with Gasteiger partial charge in [0.15, 0.2) is 8.32 Å². The summed E-state index contributed by atoms with van der Waals surface area (Å²) in [5, 5.41) is 0.279. The number of hydrogen-bond acceptors (Lipinski definition) is 2. The second-order valence-electron chi connectivity index (χ2n) is 9.54. The molecule has 136 valence electrons. The molecule has 0 bridgehead atoms. The van der Waals surface area contributed by atoms with Gasteiger partial charge in [0.2, 0.25) is 0 Å². The molecule has 1 aliphatic rings. The van der Waals surface area contributed by atoms with E-state index in [1.54, 1.807) is 0 Å². The van der Waals surface area contributed by atoms with E-state index in [0.717, 1.165) is 13.2 Å². The Balaban J connectivity index is 2.11. The van der Waals surface area contributed by atoms with E-state index in [9.17, 15) is 0 Å². The van der Waals surface area contributed by atoms with E-state index in [2.05, 4.69) is 82.9 Å². The SMILES string of the molecule is CC1(C)CCC[C@H](CO[Si](C)(C)C(C)(C)C)N1Cc1ccccc1. The van der Waals surface area contributed by atoms with Crippen LogP contribution in [0.5, 0.6) is 0 Å². The first-order chi connectivity index (χ1) is 11.0. The summed E-state index contributed by atoms with van der Waals surface area (Å²) in [6.07, 6.45) is 3.84. The minimum absolute atomic E-state index is 0.246. The Morgan fingerprint density at radius 2 is 1.79 bits per heavy atom. The predicted molar refractivity (Wildman–Crippen MR) is 107 cm³/mol. The Morgan fingerprint density at radius 1 is 1.17 bits per heavy atom. The Morgan fingerprint density at radius 3 is 2.38 bits per heavy atom. The first kappa shape index (κ1) is 19.7. The third-order valence-corrected chi connectivity index (χ3v) is 10.7. The average molecular weight is 348 g/mol. The third-order valence-electron chi connectivity index (χ3n) is 6.18. The molecule has 0 spiro atoms. The van der Waals surface area contributed by atoms with Gasteiger partial charge in [0.1, 0.15) is 0 Å². The molecular weight excluding hydrogens is 310 g/mol. The molecule has 1 aromatic carbocycles. The van der Waals surface area contributed by atoms with Gasteiger partial charge in [0.05, 0.1) is 0 Å². The fraction of sp³-hybridized carbons (Fsp3) is 0.714. The van der Waals surface area contributed by atoms with Crippen molar-refractivity contribution in [3.63, 3.8) is 0 Å². The molecule has 0 aromatic heterocycles. The molecule has 0 N–H and O–H groups in total. The van der Waals surface area contributed by atoms with Gasteiger partial charge in [-0.1, -0.05) is 51.1 Å². The standard InChI is InChI=1S/C21H37NOSi/c1-20(2,3)24(6,7)23-17-19-14-11-15-21(4,5)22(19)16-18-12-9-8-10-13-18/h8-10,12-13,19H,11,14-17H2,1-7H3/t19-/m1/s1. The monoisotopic (exact) mass is 347 g/mol. The molecule has 1 saturated heterocycles. The van der Waals surface area contributed by atoms with Crippen LogP contribution >= 0.6 is 0 Å². The number of benzene rings is 1. The zero-order chi connectivity index (χ0) is 18.0. The van der Waals surface area contributed by atoms with E-state index in [0.29, 0.717) is 6.04 Å². The summed E-state index contributed by atoms with van der Waals surface area (Å²) >= 11 is 0. The number of nitrogens with zero attached hydrogens (tertiary/aromatic N) is 1. The molecule has 1 atom stereocenters. The third kappa shape index (κ3) is 4.71. The van der Waals surface area contributed by atoms with Gasteiger partial charge in [0.25, 0.3) is 0 Å². The lowest BCUT2D eigenvalue weighted by Crippen LogP contribution is -2.55. The highest BCUT2D eigenvalue weighted by molar-refractivity contribution is 6.74. The highest BCUT2D eigenvalue weighted by atomic mass is 28.4. The predicted octanol–water partition coefficient (Wildman–Crippen LogP) is 5.84. The van der Waals surface area contributed by atoms with Crippen LogP contribution < -0.4 is 0 Å². The van der Waals surface area contributed by atoms with Crippen LogP contribution in [0.4, 0.5) is 0 Å². The smallest absolute Gasteiger partial charge is 0.192 e. The zero-order valence-corrected chi connectivity index (χ0v) is 17.9. The van der Waals surface area contributed by atoms with Crippen molar-refractivity contribution in [2.45, 2.75) is 90.1 Å². The summed E-state index contributed by atoms with van der Waals surface area (Å²) < 4.78 is 6.59. The van der Waals surface area contributed by atoms with Crippen LogP contribution in [0.15, 0.2) is 30.3 Å². The van der Waals surface area contributed by atoms with Crippen molar-refractivity contribution in [2.24, 2.45) is 0 Å². The second-order valence-corrected chi connectivity index (χ2v) is 14.4. The fourth-order valence-electron chi connectivity index (χ4n) is 3.38. The lowest BCUT2D eigenvalue weighted by molar-refractivity contribution is -0.00705. The summed E-state index contributed by atoms with van der Waals surface area (Å²) in [6.45, 7) is 18.4. The van der Waals surface area contributed by atoms with Gasteiger partial charge in [0, 0.05) is 24.7 Å². The molecule has 1 fully saturated rings. The van der Waals surface area contributed by atoms with Crippen LogP contribution in [0.1, 0.15) is 59.4 Å². The number of rotatable bonds is 5. The van der Waals surface area contributed by atoms with Gasteiger partial charge >= 0.3 is 0 Å². The maximum atomic E-state index is 6.59. The van der Waals surface area contributed by atoms with Crippen molar-refractivity contribution >= 4 is 8.32 Å². The number of hydrogen-bond donors (Lipinski definition) is 0. The molecule has 2 rings (SSSR count). The summed E-state index contributed by atoms with van der Waals surface area (Å²) in [5.74, 6) is 0. The molecule has 0 amide bonds. The van der Waals surface area contributed by atoms with Crippen LogP contribution in [-0.2, 0) is 11.0 Å². The largest absolute Gasteiger partial charge is 0.415 e. The topological polar surface area (TPSA) is 12.5 Å². The average Bonchev–Trinajstić information content (AvgIpc) is 2.47. The highest BCUT2D eigenvalue weighted by Gasteiger charge is 2.40. The molecule has 24 heavy (non-hydrogen) atoms. The Bertz CT molecular complexity index is 518. The summed E-state index contributed by atoms with van der Waals surface area (Å²) in [6, 6.07) is 11.4. The second kappa shape index (κ2) is 7.31. The van der Waals surface area contributed by atoms with Crippen molar-refractivity contribution < 1.29 is 4.43 Å². The number of piperidine rings is 1. The Hall–Kier alpha value is -0.643. The van der Waals surface area contributed by atoms with Gasteiger partial charge in [-0.05, 0) is 56.8 Å². The van der Waals surface area contributed by atoms with Crippen LogP contribution in [0, 0.1) is 0 Å². The van der Waals surface area contributed by atoms with Gasteiger partial charge in [-0.15, -0.1) is 0 Å². The zero-order valence-electron chi connectivity index (χ0n) is 16.9. The van der Waals surface area contributed by atoms with Crippen molar-refractivity contribution in [3.8, 4) is 0 Å². The van der Waals surface area contributed by atoms with Gasteiger partial charge in [-0.3, -0.25) is 4.90 Å². The minimum Gasteiger partial charge on any atom is -0.415 e. The van der Waals surface area contributed by atoms with E-state index in [-0.39, 0.29) is 10.6 Å². The van der Waals surface area contributed by atoms with Crippen LogP contribution in [0.3, 0.4) is 0 Å².